The highest BCUT2D eigenvalue weighted by Gasteiger charge is 2.18. The first-order valence-electron chi connectivity index (χ1n) is 9.13. The largest absolute Gasteiger partial charge is 0.480 e. The van der Waals surface area contributed by atoms with Gasteiger partial charge in [-0.1, -0.05) is 62.7 Å². The highest BCUT2D eigenvalue weighted by molar-refractivity contribution is 6.31. The molecule has 1 fully saturated rings. The standard InChI is InChI=1S/C22H27ClN2O/c1-22(2,3)17-7-5-16(6-8-17)18(13-15-11-12-24-14-15)20-10-9-19(23)21(25-20)26-4/h5-10,13,15,24H,11-12,14H2,1-4H3. The van der Waals surface area contributed by atoms with Crippen molar-refractivity contribution >= 4 is 17.2 Å². The molecule has 0 spiro atoms. The molecule has 0 amide bonds. The smallest absolute Gasteiger partial charge is 0.232 e. The summed E-state index contributed by atoms with van der Waals surface area (Å²) >= 11 is 6.17. The average Bonchev–Trinajstić information content (AvgIpc) is 3.13. The van der Waals surface area contributed by atoms with Crippen LogP contribution in [0.25, 0.3) is 5.57 Å². The Kier molecular flexibility index (Phi) is 5.69. The van der Waals surface area contributed by atoms with E-state index in [0.29, 0.717) is 16.8 Å². The maximum Gasteiger partial charge on any atom is 0.232 e. The number of benzene rings is 1. The number of hydrogen-bond donors (Lipinski definition) is 1. The molecule has 0 aliphatic carbocycles. The third-order valence-corrected chi connectivity index (χ3v) is 5.13. The Balaban J connectivity index is 2.04. The number of halogens is 1. The van der Waals surface area contributed by atoms with Crippen molar-refractivity contribution in [3.8, 4) is 5.88 Å². The highest BCUT2D eigenvalue weighted by atomic mass is 35.5. The Morgan fingerprint density at radius 1 is 1.19 bits per heavy atom. The molecule has 1 aromatic heterocycles. The van der Waals surface area contributed by atoms with Crippen molar-refractivity contribution in [1.82, 2.24) is 10.3 Å². The van der Waals surface area contributed by atoms with Gasteiger partial charge in [-0.15, -0.1) is 0 Å². The number of hydrogen-bond acceptors (Lipinski definition) is 3. The fourth-order valence-electron chi connectivity index (χ4n) is 3.25. The van der Waals surface area contributed by atoms with Crippen molar-refractivity contribution in [2.75, 3.05) is 20.2 Å². The van der Waals surface area contributed by atoms with Crippen molar-refractivity contribution in [3.63, 3.8) is 0 Å². The van der Waals surface area contributed by atoms with Crippen molar-refractivity contribution in [2.24, 2.45) is 5.92 Å². The van der Waals surface area contributed by atoms with Crippen LogP contribution in [0.5, 0.6) is 5.88 Å². The van der Waals surface area contributed by atoms with Crippen LogP contribution in [0.15, 0.2) is 42.5 Å². The van der Waals surface area contributed by atoms with E-state index in [0.717, 1.165) is 30.8 Å². The summed E-state index contributed by atoms with van der Waals surface area (Å²) in [4.78, 5) is 4.64. The molecule has 0 bridgehead atoms. The van der Waals surface area contributed by atoms with Gasteiger partial charge in [0.1, 0.15) is 5.02 Å². The molecule has 1 aromatic carbocycles. The molecule has 138 valence electrons. The summed E-state index contributed by atoms with van der Waals surface area (Å²) in [6.45, 7) is 8.76. The van der Waals surface area contributed by atoms with Crippen molar-refractivity contribution in [2.45, 2.75) is 32.6 Å². The molecule has 3 rings (SSSR count). The first-order chi connectivity index (χ1) is 12.4. The fourth-order valence-corrected chi connectivity index (χ4v) is 3.43. The first-order valence-corrected chi connectivity index (χ1v) is 9.50. The number of methoxy groups -OCH3 is 1. The lowest BCUT2D eigenvalue weighted by Crippen LogP contribution is -2.11. The van der Waals surface area contributed by atoms with Crippen LogP contribution in [0.3, 0.4) is 0 Å². The minimum Gasteiger partial charge on any atom is -0.480 e. The van der Waals surface area contributed by atoms with Gasteiger partial charge >= 0.3 is 0 Å². The highest BCUT2D eigenvalue weighted by Crippen LogP contribution is 2.31. The van der Waals surface area contributed by atoms with Crippen LogP contribution >= 0.6 is 11.6 Å². The van der Waals surface area contributed by atoms with Gasteiger partial charge in [0.15, 0.2) is 0 Å². The van der Waals surface area contributed by atoms with E-state index in [2.05, 4.69) is 61.4 Å². The van der Waals surface area contributed by atoms with Crippen LogP contribution in [-0.4, -0.2) is 25.2 Å². The van der Waals surface area contributed by atoms with Crippen LogP contribution in [0.4, 0.5) is 0 Å². The minimum atomic E-state index is 0.138. The number of nitrogens with zero attached hydrogens (tertiary/aromatic N) is 1. The first kappa shape index (κ1) is 18.9. The Labute approximate surface area is 161 Å². The van der Waals surface area contributed by atoms with E-state index in [1.54, 1.807) is 7.11 Å². The maximum atomic E-state index is 6.17. The van der Waals surface area contributed by atoms with Gasteiger partial charge in [-0.05, 0) is 47.6 Å². The molecule has 4 heteroatoms. The summed E-state index contributed by atoms with van der Waals surface area (Å²) in [6, 6.07) is 12.6. The zero-order chi connectivity index (χ0) is 18.7. The van der Waals surface area contributed by atoms with Gasteiger partial charge in [0, 0.05) is 12.1 Å². The molecular weight excluding hydrogens is 344 g/mol. The molecule has 0 saturated carbocycles. The lowest BCUT2D eigenvalue weighted by Gasteiger charge is -2.20. The molecule has 2 aromatic rings. The van der Waals surface area contributed by atoms with Gasteiger partial charge in [-0.25, -0.2) is 4.98 Å². The molecule has 1 N–H and O–H groups in total. The normalized spacial score (nSPS) is 18.2. The number of rotatable bonds is 4. The lowest BCUT2D eigenvalue weighted by atomic mass is 9.85. The molecule has 0 radical (unpaired) electrons. The fraction of sp³-hybridized carbons (Fsp3) is 0.409. The van der Waals surface area contributed by atoms with E-state index in [-0.39, 0.29) is 5.41 Å². The Bertz CT molecular complexity index is 785. The minimum absolute atomic E-state index is 0.138. The van der Waals surface area contributed by atoms with Gasteiger partial charge < -0.3 is 10.1 Å². The quantitative estimate of drug-likeness (QED) is 0.814. The molecule has 3 nitrogen and oxygen atoms in total. The number of pyridine rings is 1. The number of aromatic nitrogens is 1. The van der Waals surface area contributed by atoms with Crippen LogP contribution in [0.2, 0.25) is 5.02 Å². The maximum absolute atomic E-state index is 6.17. The molecule has 26 heavy (non-hydrogen) atoms. The van der Waals surface area contributed by atoms with E-state index in [1.165, 1.54) is 11.1 Å². The topological polar surface area (TPSA) is 34.1 Å². The molecule has 1 aliphatic heterocycles. The third kappa shape index (κ3) is 4.28. The molecule has 1 saturated heterocycles. The zero-order valence-corrected chi connectivity index (χ0v) is 16.7. The third-order valence-electron chi connectivity index (χ3n) is 4.85. The Morgan fingerprint density at radius 3 is 2.50 bits per heavy atom. The second-order valence-corrected chi connectivity index (χ2v) is 8.26. The van der Waals surface area contributed by atoms with E-state index in [9.17, 15) is 0 Å². The number of ether oxygens (including phenoxy) is 1. The summed E-state index contributed by atoms with van der Waals surface area (Å²) < 4.78 is 5.32. The van der Waals surface area contributed by atoms with Gasteiger partial charge in [-0.2, -0.15) is 0 Å². The number of nitrogens with one attached hydrogen (secondary N) is 1. The van der Waals surface area contributed by atoms with Gasteiger partial charge in [0.05, 0.1) is 12.8 Å². The molecular formula is C22H27ClN2O. The predicted octanol–water partition coefficient (Wildman–Crippen LogP) is 5.08. The van der Waals surface area contributed by atoms with E-state index >= 15 is 0 Å². The van der Waals surface area contributed by atoms with E-state index < -0.39 is 0 Å². The lowest BCUT2D eigenvalue weighted by molar-refractivity contribution is 0.398. The summed E-state index contributed by atoms with van der Waals surface area (Å²) in [5.74, 6) is 0.974. The van der Waals surface area contributed by atoms with Crippen molar-refractivity contribution in [1.29, 1.82) is 0 Å². The molecule has 1 unspecified atom stereocenters. The molecule has 2 heterocycles. The van der Waals surface area contributed by atoms with Gasteiger partial charge in [0.25, 0.3) is 0 Å². The van der Waals surface area contributed by atoms with Gasteiger partial charge in [-0.3, -0.25) is 0 Å². The summed E-state index contributed by atoms with van der Waals surface area (Å²) in [5.41, 5.74) is 4.65. The van der Waals surface area contributed by atoms with E-state index in [4.69, 9.17) is 16.3 Å². The summed E-state index contributed by atoms with van der Waals surface area (Å²) in [5, 5.41) is 3.96. The van der Waals surface area contributed by atoms with E-state index in [1.807, 2.05) is 12.1 Å². The summed E-state index contributed by atoms with van der Waals surface area (Å²) in [6.07, 6.45) is 3.48. The van der Waals surface area contributed by atoms with Crippen molar-refractivity contribution < 1.29 is 4.74 Å². The second kappa shape index (κ2) is 7.81. The monoisotopic (exact) mass is 370 g/mol. The second-order valence-electron chi connectivity index (χ2n) is 7.85. The van der Waals surface area contributed by atoms with Crippen LogP contribution in [0, 0.1) is 5.92 Å². The predicted molar refractivity (Wildman–Crippen MR) is 109 cm³/mol. The van der Waals surface area contributed by atoms with Gasteiger partial charge in [0.2, 0.25) is 5.88 Å². The zero-order valence-electron chi connectivity index (χ0n) is 16.0. The SMILES string of the molecule is COc1nc(C(=CC2CCNC2)c2ccc(C(C)(C)C)cc2)ccc1Cl. The summed E-state index contributed by atoms with van der Waals surface area (Å²) in [7, 11) is 1.60. The Hall–Kier alpha value is -1.84. The average molecular weight is 371 g/mol. The van der Waals surface area contributed by atoms with Crippen LogP contribution in [-0.2, 0) is 5.41 Å². The molecule has 1 atom stereocenters. The van der Waals surface area contributed by atoms with Crippen LogP contribution < -0.4 is 10.1 Å². The Morgan fingerprint density at radius 2 is 1.92 bits per heavy atom. The molecule has 1 aliphatic rings. The van der Waals surface area contributed by atoms with Crippen molar-refractivity contribution in [3.05, 3.63) is 64.3 Å². The van der Waals surface area contributed by atoms with Crippen LogP contribution in [0.1, 0.15) is 44.0 Å².